The summed E-state index contributed by atoms with van der Waals surface area (Å²) in [6.45, 7) is 5.46. The lowest BCUT2D eigenvalue weighted by Crippen LogP contribution is -2.44. The summed E-state index contributed by atoms with van der Waals surface area (Å²) in [6, 6.07) is 0.0835. The molecule has 1 aliphatic rings. The fourth-order valence-corrected chi connectivity index (χ4v) is 4.39. The first kappa shape index (κ1) is 23.5. The highest BCUT2D eigenvalue weighted by atomic mass is 32.2. The Morgan fingerprint density at radius 2 is 2.23 bits per heavy atom. The molecule has 170 valence electrons. The maximum atomic E-state index is 12.6. The maximum Gasteiger partial charge on any atom is 0.236 e. The first-order valence-electron chi connectivity index (χ1n) is 11.0. The van der Waals surface area contributed by atoms with Gasteiger partial charge < -0.3 is 15.3 Å². The van der Waals surface area contributed by atoms with Gasteiger partial charge in [-0.25, -0.2) is 9.97 Å². The van der Waals surface area contributed by atoms with Crippen molar-refractivity contribution < 1.29 is 9.90 Å². The molecule has 0 aliphatic carbocycles. The zero-order valence-electron chi connectivity index (χ0n) is 18.7. The lowest BCUT2D eigenvalue weighted by Gasteiger charge is -2.38. The highest BCUT2D eigenvalue weighted by Gasteiger charge is 2.29. The topological polar surface area (TPSA) is 96.2 Å². The normalized spacial score (nSPS) is 17.7. The Kier molecular flexibility index (Phi) is 8.71. The number of hydrogen-bond donors (Lipinski definition) is 2. The molecule has 1 amide bonds. The third kappa shape index (κ3) is 6.43. The van der Waals surface area contributed by atoms with Crippen LogP contribution in [0.1, 0.15) is 57.4 Å². The molecule has 0 spiro atoms. The van der Waals surface area contributed by atoms with E-state index in [4.69, 9.17) is 4.98 Å². The molecule has 8 nitrogen and oxygen atoms in total. The number of anilines is 1. The Balaban J connectivity index is 1.75. The van der Waals surface area contributed by atoms with E-state index in [1.54, 1.807) is 28.9 Å². The number of imidazole rings is 1. The van der Waals surface area contributed by atoms with Gasteiger partial charge in [0.05, 0.1) is 6.10 Å². The summed E-state index contributed by atoms with van der Waals surface area (Å²) in [5, 5.41) is 12.9. The Bertz CT molecular complexity index is 829. The molecule has 3 heterocycles. The zero-order valence-corrected chi connectivity index (χ0v) is 19.5. The molecule has 0 aromatic carbocycles. The second kappa shape index (κ2) is 11.5. The van der Waals surface area contributed by atoms with Crippen molar-refractivity contribution in [2.45, 2.75) is 64.0 Å². The van der Waals surface area contributed by atoms with E-state index in [1.807, 2.05) is 18.6 Å². The van der Waals surface area contributed by atoms with E-state index in [0.717, 1.165) is 42.9 Å². The number of nitrogens with zero attached hydrogens (tertiary/aromatic N) is 5. The van der Waals surface area contributed by atoms with Crippen molar-refractivity contribution in [3.8, 4) is 5.95 Å². The molecule has 2 N–H and O–H groups in total. The molecule has 0 saturated carbocycles. The number of hydrogen-bond acceptors (Lipinski definition) is 7. The summed E-state index contributed by atoms with van der Waals surface area (Å²) in [5.41, 5.74) is 1.09. The highest BCUT2D eigenvalue weighted by molar-refractivity contribution is 7.98. The minimum Gasteiger partial charge on any atom is -0.391 e. The van der Waals surface area contributed by atoms with E-state index in [2.05, 4.69) is 34.0 Å². The van der Waals surface area contributed by atoms with Crippen LogP contribution in [0.2, 0.25) is 0 Å². The number of thioether (sulfide) groups is 1. The quantitative estimate of drug-likeness (QED) is 0.579. The monoisotopic (exact) mass is 446 g/mol. The third-order valence-electron chi connectivity index (χ3n) is 5.65. The molecule has 1 saturated heterocycles. The molecular weight excluding hydrogens is 412 g/mol. The minimum atomic E-state index is -0.494. The lowest BCUT2D eigenvalue weighted by atomic mass is 9.97. The van der Waals surface area contributed by atoms with E-state index in [0.29, 0.717) is 25.3 Å². The van der Waals surface area contributed by atoms with Crippen LogP contribution in [0.5, 0.6) is 0 Å². The number of amides is 1. The van der Waals surface area contributed by atoms with Gasteiger partial charge in [0.15, 0.2) is 0 Å². The predicted octanol–water partition coefficient (Wildman–Crippen LogP) is 2.76. The van der Waals surface area contributed by atoms with Gasteiger partial charge in [0.2, 0.25) is 11.9 Å². The molecule has 31 heavy (non-hydrogen) atoms. The number of aromatic nitrogens is 4. The van der Waals surface area contributed by atoms with Crippen LogP contribution in [-0.2, 0) is 4.79 Å². The Labute approximate surface area is 188 Å². The summed E-state index contributed by atoms with van der Waals surface area (Å²) in [4.78, 5) is 28.4. The van der Waals surface area contributed by atoms with Crippen molar-refractivity contribution in [3.05, 3.63) is 30.5 Å². The van der Waals surface area contributed by atoms with E-state index in [-0.39, 0.29) is 17.9 Å². The second-order valence-corrected chi connectivity index (χ2v) is 9.35. The van der Waals surface area contributed by atoms with Crippen molar-refractivity contribution in [1.82, 2.24) is 24.8 Å². The number of carbonyl (C=O) groups is 1. The van der Waals surface area contributed by atoms with Gasteiger partial charge in [-0.1, -0.05) is 13.8 Å². The molecule has 3 rings (SSSR count). The molecule has 0 radical (unpaired) electrons. The number of piperidine rings is 1. The van der Waals surface area contributed by atoms with Gasteiger partial charge in [-0.15, -0.1) is 0 Å². The molecule has 1 aliphatic heterocycles. The first-order chi connectivity index (χ1) is 15.0. The Morgan fingerprint density at radius 1 is 1.39 bits per heavy atom. The summed E-state index contributed by atoms with van der Waals surface area (Å²) in [6.07, 6.45) is 12.9. The average Bonchev–Trinajstić information content (AvgIpc) is 3.31. The lowest BCUT2D eigenvalue weighted by molar-refractivity contribution is -0.122. The summed E-state index contributed by atoms with van der Waals surface area (Å²) in [5.74, 6) is 2.64. The summed E-state index contributed by atoms with van der Waals surface area (Å²) < 4.78 is 1.80. The maximum absolute atomic E-state index is 12.6. The van der Waals surface area contributed by atoms with Gasteiger partial charge in [0.25, 0.3) is 0 Å². The highest BCUT2D eigenvalue weighted by Crippen LogP contribution is 2.31. The third-order valence-corrected chi connectivity index (χ3v) is 6.29. The van der Waals surface area contributed by atoms with E-state index < -0.39 is 6.10 Å². The summed E-state index contributed by atoms with van der Waals surface area (Å²) >= 11 is 1.70. The van der Waals surface area contributed by atoms with Crippen LogP contribution in [0.25, 0.3) is 5.95 Å². The molecule has 2 aromatic rings. The standard InChI is InChI=1S/C22H34N6O2S/c1-16(2)19-14-25-22(27-10-8-23-15-27)26-21(19)28-9-5-4-6-17(28)12-20(30)24-13-18(29)7-11-31-3/h8,10,14-18,29H,4-7,9,11-13H2,1-3H3,(H,24,30). The van der Waals surface area contributed by atoms with E-state index >= 15 is 0 Å². The number of carbonyl (C=O) groups excluding carboxylic acids is 1. The van der Waals surface area contributed by atoms with Gasteiger partial charge in [-0.3, -0.25) is 9.36 Å². The second-order valence-electron chi connectivity index (χ2n) is 8.36. The Morgan fingerprint density at radius 3 is 2.94 bits per heavy atom. The van der Waals surface area contributed by atoms with Crippen molar-refractivity contribution in [3.63, 3.8) is 0 Å². The molecular formula is C22H34N6O2S. The van der Waals surface area contributed by atoms with Gasteiger partial charge in [0, 0.05) is 49.7 Å². The molecule has 2 aromatic heterocycles. The van der Waals surface area contributed by atoms with Crippen molar-refractivity contribution in [2.24, 2.45) is 0 Å². The SMILES string of the molecule is CSCCC(O)CNC(=O)CC1CCCCN1c1nc(-n2ccnc2)ncc1C(C)C. The van der Waals surface area contributed by atoms with Crippen LogP contribution in [-0.4, -0.2) is 67.8 Å². The largest absolute Gasteiger partial charge is 0.391 e. The van der Waals surface area contributed by atoms with Crippen LogP contribution in [0, 0.1) is 0 Å². The van der Waals surface area contributed by atoms with Crippen LogP contribution >= 0.6 is 11.8 Å². The van der Waals surface area contributed by atoms with Gasteiger partial charge in [-0.05, 0) is 43.6 Å². The van der Waals surface area contributed by atoms with Crippen LogP contribution in [0.4, 0.5) is 5.82 Å². The molecule has 2 unspecified atom stereocenters. The predicted molar refractivity (Wildman–Crippen MR) is 125 cm³/mol. The van der Waals surface area contributed by atoms with Crippen molar-refractivity contribution >= 4 is 23.5 Å². The minimum absolute atomic E-state index is 0.0184. The smallest absolute Gasteiger partial charge is 0.236 e. The van der Waals surface area contributed by atoms with Crippen LogP contribution in [0.15, 0.2) is 24.9 Å². The first-order valence-corrected chi connectivity index (χ1v) is 12.4. The van der Waals surface area contributed by atoms with Gasteiger partial charge in [-0.2, -0.15) is 16.7 Å². The number of aliphatic hydroxyl groups is 1. The number of nitrogens with one attached hydrogen (secondary N) is 1. The van der Waals surface area contributed by atoms with E-state index in [1.165, 1.54) is 0 Å². The van der Waals surface area contributed by atoms with Crippen molar-refractivity contribution in [1.29, 1.82) is 0 Å². The van der Waals surface area contributed by atoms with Crippen LogP contribution in [0.3, 0.4) is 0 Å². The molecule has 0 bridgehead atoms. The van der Waals surface area contributed by atoms with Gasteiger partial charge in [0.1, 0.15) is 12.1 Å². The molecule has 1 fully saturated rings. The molecule has 9 heteroatoms. The number of aliphatic hydroxyl groups excluding tert-OH is 1. The average molecular weight is 447 g/mol. The van der Waals surface area contributed by atoms with E-state index in [9.17, 15) is 9.90 Å². The fourth-order valence-electron chi connectivity index (χ4n) is 3.88. The number of rotatable bonds is 10. The van der Waals surface area contributed by atoms with Crippen molar-refractivity contribution in [2.75, 3.05) is 30.0 Å². The Hall–Kier alpha value is -2.13. The summed E-state index contributed by atoms with van der Waals surface area (Å²) in [7, 11) is 0. The zero-order chi connectivity index (χ0) is 22.2. The van der Waals surface area contributed by atoms with Crippen LogP contribution < -0.4 is 10.2 Å². The molecule has 2 atom stereocenters. The van der Waals surface area contributed by atoms with Gasteiger partial charge >= 0.3 is 0 Å². The fraction of sp³-hybridized carbons (Fsp3) is 0.636.